The summed E-state index contributed by atoms with van der Waals surface area (Å²) in [6.07, 6.45) is -1.18. The average Bonchev–Trinajstić information content (AvgIpc) is 2.88. The van der Waals surface area contributed by atoms with Crippen molar-refractivity contribution in [1.82, 2.24) is 10.0 Å². The van der Waals surface area contributed by atoms with Gasteiger partial charge in [-0.3, -0.25) is 0 Å². The van der Waals surface area contributed by atoms with E-state index in [-0.39, 0.29) is 13.1 Å². The van der Waals surface area contributed by atoms with Gasteiger partial charge in [-0.05, 0) is 66.2 Å². The van der Waals surface area contributed by atoms with Crippen LogP contribution in [0.1, 0.15) is 54.0 Å². The molecule has 0 saturated carbocycles. The third-order valence-corrected chi connectivity index (χ3v) is 4.46. The van der Waals surface area contributed by atoms with Crippen LogP contribution in [0.5, 0.6) is 0 Å². The number of oxime groups is 1. The highest BCUT2D eigenvalue weighted by Gasteiger charge is 2.35. The summed E-state index contributed by atoms with van der Waals surface area (Å²) in [5.74, 6) is 0. The summed E-state index contributed by atoms with van der Waals surface area (Å²) in [6.45, 7) is 13.9. The molecule has 1 aromatic rings. The lowest BCUT2D eigenvalue weighted by Crippen LogP contribution is -2.53. The van der Waals surface area contributed by atoms with Crippen molar-refractivity contribution in [3.05, 3.63) is 29.8 Å². The normalized spacial score (nSPS) is 16.1. The zero-order valence-electron chi connectivity index (χ0n) is 19.5. The molecule has 2 amide bonds. The van der Waals surface area contributed by atoms with E-state index in [2.05, 4.69) is 10.1 Å². The van der Waals surface area contributed by atoms with Gasteiger partial charge in [0.25, 0.3) is 0 Å². The van der Waals surface area contributed by atoms with E-state index >= 15 is 0 Å². The maximum atomic E-state index is 12.8. The van der Waals surface area contributed by atoms with E-state index in [0.717, 1.165) is 11.3 Å². The molecule has 1 N–H and O–H groups in total. The van der Waals surface area contributed by atoms with Crippen molar-refractivity contribution < 1.29 is 24.3 Å². The van der Waals surface area contributed by atoms with Gasteiger partial charge in [0.1, 0.15) is 11.2 Å². The molecular weight excluding hydrogens is 400 g/mol. The van der Waals surface area contributed by atoms with Gasteiger partial charge in [-0.2, -0.15) is 0 Å². The summed E-state index contributed by atoms with van der Waals surface area (Å²) in [7, 11) is 0. The van der Waals surface area contributed by atoms with E-state index in [1.807, 2.05) is 24.3 Å². The van der Waals surface area contributed by atoms with Crippen LogP contribution in [0.25, 0.3) is 0 Å². The Morgan fingerprint density at radius 3 is 1.61 bits per heavy atom. The third-order valence-electron chi connectivity index (χ3n) is 4.46. The number of benzene rings is 1. The van der Waals surface area contributed by atoms with Crippen LogP contribution in [-0.4, -0.2) is 70.5 Å². The molecule has 9 heteroatoms. The van der Waals surface area contributed by atoms with Gasteiger partial charge < -0.3 is 19.6 Å². The number of hydrazine groups is 1. The summed E-state index contributed by atoms with van der Waals surface area (Å²) in [5.41, 5.74) is 0.890. The van der Waals surface area contributed by atoms with E-state index in [1.54, 1.807) is 48.5 Å². The zero-order chi connectivity index (χ0) is 23.4. The Morgan fingerprint density at radius 2 is 1.26 bits per heavy atom. The zero-order valence-corrected chi connectivity index (χ0v) is 19.5. The second-order valence-corrected chi connectivity index (χ2v) is 9.43. The molecule has 1 fully saturated rings. The van der Waals surface area contributed by atoms with Gasteiger partial charge >= 0.3 is 12.2 Å². The number of carbonyl (C=O) groups is 2. The van der Waals surface area contributed by atoms with Crippen LogP contribution in [0.4, 0.5) is 15.3 Å². The SMILES string of the molecule is C/C(=N\O)c1ccc(N2CCN(C(=O)OC(C)(C)C)N(C(=O)OC(C)(C)C)CC2)cc1. The maximum absolute atomic E-state index is 12.8. The fourth-order valence-corrected chi connectivity index (χ4v) is 3.02. The Balaban J connectivity index is 2.24. The predicted octanol–water partition coefficient (Wildman–Crippen LogP) is 4.09. The number of hydrogen-bond donors (Lipinski definition) is 1. The topological polar surface area (TPSA) is 94.9 Å². The fourth-order valence-electron chi connectivity index (χ4n) is 3.02. The second kappa shape index (κ2) is 9.45. The van der Waals surface area contributed by atoms with Crippen LogP contribution in [0.15, 0.2) is 29.4 Å². The van der Waals surface area contributed by atoms with E-state index in [9.17, 15) is 9.59 Å². The molecule has 0 aromatic heterocycles. The minimum atomic E-state index is -0.690. The molecular formula is C22H34N4O5. The van der Waals surface area contributed by atoms with Crippen molar-refractivity contribution in [2.75, 3.05) is 31.1 Å². The van der Waals surface area contributed by atoms with E-state index < -0.39 is 23.4 Å². The number of ether oxygens (including phenoxy) is 2. The smallest absolute Gasteiger partial charge is 0.429 e. The molecule has 172 valence electrons. The summed E-state index contributed by atoms with van der Waals surface area (Å²) >= 11 is 0. The number of rotatable bonds is 2. The second-order valence-electron chi connectivity index (χ2n) is 9.43. The number of anilines is 1. The lowest BCUT2D eigenvalue weighted by molar-refractivity contribution is -0.0572. The van der Waals surface area contributed by atoms with Gasteiger partial charge in [0.2, 0.25) is 0 Å². The first-order chi connectivity index (χ1) is 14.3. The van der Waals surface area contributed by atoms with Crippen molar-refractivity contribution >= 4 is 23.6 Å². The Bertz CT molecular complexity index is 771. The van der Waals surface area contributed by atoms with Crippen LogP contribution < -0.4 is 4.90 Å². The van der Waals surface area contributed by atoms with Crippen LogP contribution in [0, 0.1) is 0 Å². The molecule has 0 radical (unpaired) electrons. The quantitative estimate of drug-likeness (QED) is 0.428. The first kappa shape index (κ1) is 24.3. The summed E-state index contributed by atoms with van der Waals surface area (Å²) < 4.78 is 11.0. The maximum Gasteiger partial charge on any atom is 0.429 e. The highest BCUT2D eigenvalue weighted by atomic mass is 16.6. The number of nitrogens with zero attached hydrogens (tertiary/aromatic N) is 4. The lowest BCUT2D eigenvalue weighted by atomic mass is 10.1. The standard InChI is InChI=1S/C22H34N4O5/c1-16(23-29)17-8-10-18(11-9-17)24-12-14-25(19(27)30-21(2,3)4)26(15-13-24)20(28)31-22(5,6)7/h8-11,29H,12-15H2,1-7H3/b23-16+. The third kappa shape index (κ3) is 7.04. The summed E-state index contributed by atoms with van der Waals surface area (Å²) in [4.78, 5) is 27.8. The van der Waals surface area contributed by atoms with Gasteiger partial charge in [0, 0.05) is 18.8 Å². The van der Waals surface area contributed by atoms with Crippen LogP contribution in [0.2, 0.25) is 0 Å². The molecule has 0 bridgehead atoms. The largest absolute Gasteiger partial charge is 0.442 e. The van der Waals surface area contributed by atoms with E-state index in [4.69, 9.17) is 14.7 Å². The first-order valence-corrected chi connectivity index (χ1v) is 10.4. The van der Waals surface area contributed by atoms with Gasteiger partial charge in [-0.15, -0.1) is 0 Å². The summed E-state index contributed by atoms with van der Waals surface area (Å²) in [5, 5.41) is 14.8. The van der Waals surface area contributed by atoms with Crippen molar-refractivity contribution in [2.45, 2.75) is 59.7 Å². The average molecular weight is 435 g/mol. The van der Waals surface area contributed by atoms with Crippen LogP contribution >= 0.6 is 0 Å². The van der Waals surface area contributed by atoms with Crippen LogP contribution in [0.3, 0.4) is 0 Å². The van der Waals surface area contributed by atoms with E-state index in [0.29, 0.717) is 18.8 Å². The molecule has 1 aliphatic heterocycles. The molecule has 0 aliphatic carbocycles. The molecule has 0 spiro atoms. The summed E-state index contributed by atoms with van der Waals surface area (Å²) in [6, 6.07) is 7.58. The molecule has 1 heterocycles. The molecule has 2 rings (SSSR count). The molecule has 1 aliphatic rings. The Labute approximate surface area is 184 Å². The minimum absolute atomic E-state index is 0.257. The number of hydrogen-bond acceptors (Lipinski definition) is 7. The molecule has 31 heavy (non-hydrogen) atoms. The van der Waals surface area contributed by atoms with Crippen molar-refractivity contribution in [3.63, 3.8) is 0 Å². The van der Waals surface area contributed by atoms with Crippen molar-refractivity contribution in [1.29, 1.82) is 0 Å². The van der Waals surface area contributed by atoms with E-state index in [1.165, 1.54) is 10.0 Å². The van der Waals surface area contributed by atoms with Gasteiger partial charge in [0.05, 0.1) is 18.8 Å². The Kier molecular flexibility index (Phi) is 7.41. The molecule has 1 saturated heterocycles. The predicted molar refractivity (Wildman–Crippen MR) is 119 cm³/mol. The number of carbonyl (C=O) groups excluding carboxylic acids is 2. The van der Waals surface area contributed by atoms with Crippen LogP contribution in [-0.2, 0) is 9.47 Å². The van der Waals surface area contributed by atoms with Crippen molar-refractivity contribution in [3.8, 4) is 0 Å². The lowest BCUT2D eigenvalue weighted by Gasteiger charge is -2.35. The fraction of sp³-hybridized carbons (Fsp3) is 0.591. The monoisotopic (exact) mass is 434 g/mol. The van der Waals surface area contributed by atoms with Crippen molar-refractivity contribution in [2.24, 2.45) is 5.16 Å². The molecule has 9 nitrogen and oxygen atoms in total. The number of amides is 2. The molecule has 0 unspecified atom stereocenters. The Hall–Kier alpha value is -2.97. The minimum Gasteiger partial charge on any atom is -0.442 e. The highest BCUT2D eigenvalue weighted by Crippen LogP contribution is 2.21. The van der Waals surface area contributed by atoms with Gasteiger partial charge in [-0.25, -0.2) is 19.6 Å². The Morgan fingerprint density at radius 1 is 0.839 bits per heavy atom. The first-order valence-electron chi connectivity index (χ1n) is 10.4. The molecule has 0 atom stereocenters. The van der Waals surface area contributed by atoms with Gasteiger partial charge in [-0.1, -0.05) is 17.3 Å². The van der Waals surface area contributed by atoms with Gasteiger partial charge in [0.15, 0.2) is 0 Å². The highest BCUT2D eigenvalue weighted by molar-refractivity contribution is 5.98. The molecule has 1 aromatic carbocycles.